The molecule has 6 heteroatoms. The van der Waals surface area contributed by atoms with Gasteiger partial charge in [-0.05, 0) is 18.9 Å². The molecule has 0 amide bonds. The number of hydrogen-bond acceptors (Lipinski definition) is 4. The van der Waals surface area contributed by atoms with Crippen LogP contribution in [-0.4, -0.2) is 22.7 Å². The number of nitro benzene ring substituents is 1. The van der Waals surface area contributed by atoms with Crippen molar-refractivity contribution in [1.29, 1.82) is 0 Å². The lowest BCUT2D eigenvalue weighted by molar-refractivity contribution is -0.385. The lowest BCUT2D eigenvalue weighted by atomic mass is 9.85. The van der Waals surface area contributed by atoms with E-state index in [0.717, 1.165) is 31.7 Å². The number of nitro groups is 1. The zero-order valence-electron chi connectivity index (χ0n) is 10.5. The lowest BCUT2D eigenvalue weighted by Crippen LogP contribution is -2.34. The third-order valence-electron chi connectivity index (χ3n) is 3.59. The van der Waals surface area contributed by atoms with Gasteiger partial charge in [0.25, 0.3) is 5.69 Å². The first-order valence-electron chi connectivity index (χ1n) is 6.42. The maximum absolute atomic E-state index is 13.3. The van der Waals surface area contributed by atoms with Crippen LogP contribution in [0, 0.1) is 21.8 Å². The smallest absolute Gasteiger partial charge is 0.274 e. The Labute approximate surface area is 110 Å². The van der Waals surface area contributed by atoms with Gasteiger partial charge in [-0.2, -0.15) is 0 Å². The minimum absolute atomic E-state index is 0.0418. The summed E-state index contributed by atoms with van der Waals surface area (Å²) in [4.78, 5) is 10.1. The van der Waals surface area contributed by atoms with E-state index in [9.17, 15) is 19.6 Å². The number of non-ortho nitro benzene ring substituents is 1. The third-order valence-corrected chi connectivity index (χ3v) is 3.59. The van der Waals surface area contributed by atoms with Crippen molar-refractivity contribution in [2.45, 2.75) is 31.7 Å². The molecular formula is C13H17FN2O3. The molecule has 1 aliphatic rings. The summed E-state index contributed by atoms with van der Waals surface area (Å²) in [6, 6.07) is 3.51. The fourth-order valence-corrected chi connectivity index (χ4v) is 2.59. The van der Waals surface area contributed by atoms with Crippen LogP contribution in [0.5, 0.6) is 0 Å². The predicted octanol–water partition coefficient (Wildman–Crippen LogP) is 2.70. The van der Waals surface area contributed by atoms with E-state index in [1.807, 2.05) is 0 Å². The van der Waals surface area contributed by atoms with Gasteiger partial charge in [-0.3, -0.25) is 10.1 Å². The van der Waals surface area contributed by atoms with E-state index >= 15 is 0 Å². The Morgan fingerprint density at radius 1 is 1.37 bits per heavy atom. The van der Waals surface area contributed by atoms with Crippen molar-refractivity contribution < 1.29 is 14.4 Å². The predicted molar refractivity (Wildman–Crippen MR) is 69.5 cm³/mol. The fraction of sp³-hybridized carbons (Fsp3) is 0.538. The quantitative estimate of drug-likeness (QED) is 0.650. The minimum Gasteiger partial charge on any atom is -0.396 e. The Hall–Kier alpha value is -1.69. The number of rotatable bonds is 4. The maximum Gasteiger partial charge on any atom is 0.274 e. The van der Waals surface area contributed by atoms with Crippen molar-refractivity contribution in [2.75, 3.05) is 11.9 Å². The summed E-state index contributed by atoms with van der Waals surface area (Å²) in [5, 5.41) is 23.1. The molecule has 2 unspecified atom stereocenters. The molecule has 0 aromatic heterocycles. The summed E-state index contributed by atoms with van der Waals surface area (Å²) in [6.07, 6.45) is 3.93. The number of anilines is 1. The number of nitrogens with zero attached hydrogens (tertiary/aromatic N) is 1. The fourth-order valence-electron chi connectivity index (χ4n) is 2.59. The molecule has 0 bridgehead atoms. The van der Waals surface area contributed by atoms with Crippen LogP contribution < -0.4 is 5.32 Å². The number of halogens is 1. The molecule has 1 aliphatic carbocycles. The molecule has 5 nitrogen and oxygen atoms in total. The first-order valence-corrected chi connectivity index (χ1v) is 6.42. The van der Waals surface area contributed by atoms with Gasteiger partial charge in [0, 0.05) is 30.3 Å². The number of hydrogen-bond donors (Lipinski definition) is 2. The number of benzene rings is 1. The normalized spacial score (nSPS) is 23.1. The van der Waals surface area contributed by atoms with Gasteiger partial charge in [-0.25, -0.2) is 4.39 Å². The number of nitrogens with one attached hydrogen (secondary N) is 1. The average Bonchev–Trinajstić information content (AvgIpc) is 2.38. The van der Waals surface area contributed by atoms with E-state index in [0.29, 0.717) is 5.69 Å². The van der Waals surface area contributed by atoms with Gasteiger partial charge in [-0.15, -0.1) is 0 Å². The molecule has 1 fully saturated rings. The molecule has 0 heterocycles. The van der Waals surface area contributed by atoms with E-state index in [2.05, 4.69) is 5.32 Å². The van der Waals surface area contributed by atoms with Crippen LogP contribution in [0.15, 0.2) is 18.2 Å². The molecule has 0 radical (unpaired) electrons. The lowest BCUT2D eigenvalue weighted by Gasteiger charge is -2.31. The second-order valence-electron chi connectivity index (χ2n) is 4.93. The zero-order valence-corrected chi connectivity index (χ0v) is 10.5. The van der Waals surface area contributed by atoms with Crippen LogP contribution in [0.25, 0.3) is 0 Å². The second-order valence-corrected chi connectivity index (χ2v) is 4.93. The van der Waals surface area contributed by atoms with Crippen molar-refractivity contribution in [1.82, 2.24) is 0 Å². The van der Waals surface area contributed by atoms with Crippen molar-refractivity contribution in [3.63, 3.8) is 0 Å². The summed E-state index contributed by atoms with van der Waals surface area (Å²) in [5.74, 6) is -0.510. The summed E-state index contributed by atoms with van der Waals surface area (Å²) in [5.41, 5.74) is 0.135. The zero-order chi connectivity index (χ0) is 13.8. The molecule has 1 aromatic carbocycles. The number of aliphatic hydroxyl groups is 1. The van der Waals surface area contributed by atoms with E-state index in [1.165, 1.54) is 12.1 Å². The topological polar surface area (TPSA) is 75.4 Å². The van der Waals surface area contributed by atoms with E-state index in [-0.39, 0.29) is 24.3 Å². The summed E-state index contributed by atoms with van der Waals surface area (Å²) in [6.45, 7) is 0.0784. The second kappa shape index (κ2) is 5.97. The van der Waals surface area contributed by atoms with E-state index < -0.39 is 10.7 Å². The number of aliphatic hydroxyl groups excluding tert-OH is 1. The Bertz CT molecular complexity index is 467. The van der Waals surface area contributed by atoms with Crippen LogP contribution in [0.4, 0.5) is 15.8 Å². The molecule has 2 N–H and O–H groups in total. The van der Waals surface area contributed by atoms with Crippen LogP contribution >= 0.6 is 0 Å². The van der Waals surface area contributed by atoms with Crippen LogP contribution in [0.3, 0.4) is 0 Å². The standard InChI is InChI=1S/C13H17FN2O3/c14-10-5-11(7-12(6-10)16(18)19)15-13-4-2-1-3-9(13)8-17/h5-7,9,13,15,17H,1-4,8H2. The van der Waals surface area contributed by atoms with Crippen molar-refractivity contribution >= 4 is 11.4 Å². The highest BCUT2D eigenvalue weighted by molar-refractivity contribution is 5.52. The molecule has 0 aliphatic heterocycles. The van der Waals surface area contributed by atoms with E-state index in [1.54, 1.807) is 0 Å². The van der Waals surface area contributed by atoms with Crippen molar-refractivity contribution in [2.24, 2.45) is 5.92 Å². The molecule has 2 atom stereocenters. The molecule has 19 heavy (non-hydrogen) atoms. The van der Waals surface area contributed by atoms with Gasteiger partial charge in [0.2, 0.25) is 0 Å². The molecular weight excluding hydrogens is 251 g/mol. The largest absolute Gasteiger partial charge is 0.396 e. The van der Waals surface area contributed by atoms with Gasteiger partial charge in [0.05, 0.1) is 11.0 Å². The Kier molecular flexibility index (Phi) is 4.31. The van der Waals surface area contributed by atoms with E-state index in [4.69, 9.17) is 0 Å². The summed E-state index contributed by atoms with van der Waals surface area (Å²) < 4.78 is 13.3. The highest BCUT2D eigenvalue weighted by atomic mass is 19.1. The molecule has 0 spiro atoms. The third kappa shape index (κ3) is 3.41. The highest BCUT2D eigenvalue weighted by Gasteiger charge is 2.24. The monoisotopic (exact) mass is 268 g/mol. The summed E-state index contributed by atoms with van der Waals surface area (Å²) in [7, 11) is 0. The van der Waals surface area contributed by atoms with Crippen molar-refractivity contribution in [3.05, 3.63) is 34.1 Å². The Balaban J connectivity index is 2.15. The Morgan fingerprint density at radius 3 is 2.79 bits per heavy atom. The van der Waals surface area contributed by atoms with Crippen molar-refractivity contribution in [3.8, 4) is 0 Å². The molecule has 2 rings (SSSR count). The SMILES string of the molecule is O=[N+]([O-])c1cc(F)cc(NC2CCCCC2CO)c1. The first kappa shape index (κ1) is 13.7. The van der Waals surface area contributed by atoms with Gasteiger partial charge in [0.1, 0.15) is 5.82 Å². The first-order chi connectivity index (χ1) is 9.10. The molecule has 0 saturated heterocycles. The van der Waals surface area contributed by atoms with Gasteiger partial charge < -0.3 is 10.4 Å². The molecule has 1 saturated carbocycles. The molecule has 104 valence electrons. The van der Waals surface area contributed by atoms with Crippen LogP contribution in [0.1, 0.15) is 25.7 Å². The van der Waals surface area contributed by atoms with Crippen LogP contribution in [0.2, 0.25) is 0 Å². The summed E-state index contributed by atoms with van der Waals surface area (Å²) >= 11 is 0. The van der Waals surface area contributed by atoms with Crippen LogP contribution in [-0.2, 0) is 0 Å². The molecule has 1 aromatic rings. The van der Waals surface area contributed by atoms with Gasteiger partial charge in [0.15, 0.2) is 0 Å². The minimum atomic E-state index is -0.631. The van der Waals surface area contributed by atoms with Gasteiger partial charge in [-0.1, -0.05) is 12.8 Å². The van der Waals surface area contributed by atoms with Gasteiger partial charge >= 0.3 is 0 Å². The average molecular weight is 268 g/mol. The maximum atomic E-state index is 13.3. The Morgan fingerprint density at radius 2 is 2.11 bits per heavy atom. The highest BCUT2D eigenvalue weighted by Crippen LogP contribution is 2.28.